The number of benzene rings is 3. The quantitative estimate of drug-likeness (QED) is 0.414. The lowest BCUT2D eigenvalue weighted by molar-refractivity contribution is -0.120. The maximum absolute atomic E-state index is 12.0. The molecule has 0 aromatic heterocycles. The summed E-state index contributed by atoms with van der Waals surface area (Å²) in [4.78, 5) is 12.0. The van der Waals surface area contributed by atoms with Crippen LogP contribution in [0, 0.1) is 0 Å². The molecule has 1 N–H and O–H groups in total. The minimum atomic E-state index is -0.145. The molecule has 0 spiro atoms. The Morgan fingerprint density at radius 2 is 1.55 bits per heavy atom. The third-order valence-electron chi connectivity index (χ3n) is 4.40. The molecule has 1 amide bonds. The lowest BCUT2D eigenvalue weighted by Gasteiger charge is -2.06. The molecule has 0 saturated heterocycles. The summed E-state index contributed by atoms with van der Waals surface area (Å²) >= 11 is 5.88. The molecule has 0 unspecified atom stereocenters. The van der Waals surface area contributed by atoms with E-state index in [4.69, 9.17) is 16.3 Å². The number of halogens is 1. The van der Waals surface area contributed by atoms with Crippen LogP contribution in [0.4, 0.5) is 0 Å². The van der Waals surface area contributed by atoms with E-state index in [1.54, 1.807) is 6.21 Å². The van der Waals surface area contributed by atoms with E-state index >= 15 is 0 Å². The van der Waals surface area contributed by atoms with Crippen molar-refractivity contribution < 1.29 is 9.53 Å². The van der Waals surface area contributed by atoms with Crippen molar-refractivity contribution in [1.29, 1.82) is 0 Å². The van der Waals surface area contributed by atoms with Crippen LogP contribution in [-0.4, -0.2) is 12.1 Å². The van der Waals surface area contributed by atoms with Crippen LogP contribution in [0.25, 0.3) is 0 Å². The summed E-state index contributed by atoms with van der Waals surface area (Å²) < 4.78 is 5.76. The van der Waals surface area contributed by atoms with E-state index in [-0.39, 0.29) is 5.91 Å². The zero-order valence-electron chi connectivity index (χ0n) is 16.3. The number of carbonyl (C=O) groups excluding carboxylic acids is 1. The van der Waals surface area contributed by atoms with Gasteiger partial charge in [-0.1, -0.05) is 54.9 Å². The van der Waals surface area contributed by atoms with E-state index in [9.17, 15) is 4.79 Å². The van der Waals surface area contributed by atoms with Crippen LogP contribution < -0.4 is 10.2 Å². The predicted molar refractivity (Wildman–Crippen MR) is 117 cm³/mol. The number of hydrogen-bond acceptors (Lipinski definition) is 3. The molecule has 3 aromatic carbocycles. The van der Waals surface area contributed by atoms with Gasteiger partial charge in [-0.25, -0.2) is 5.43 Å². The van der Waals surface area contributed by atoms with Crippen LogP contribution in [0.1, 0.15) is 29.2 Å². The van der Waals surface area contributed by atoms with Crippen molar-refractivity contribution in [2.45, 2.75) is 26.4 Å². The van der Waals surface area contributed by atoms with E-state index in [0.29, 0.717) is 18.1 Å². The minimum Gasteiger partial charge on any atom is -0.489 e. The first-order chi connectivity index (χ1) is 14.1. The Labute approximate surface area is 176 Å². The van der Waals surface area contributed by atoms with Crippen LogP contribution in [0.5, 0.6) is 5.75 Å². The summed E-state index contributed by atoms with van der Waals surface area (Å²) in [7, 11) is 0. The molecule has 0 heterocycles. The molecule has 0 aliphatic heterocycles. The molecule has 148 valence electrons. The Morgan fingerprint density at radius 3 is 2.21 bits per heavy atom. The van der Waals surface area contributed by atoms with E-state index in [0.717, 1.165) is 28.9 Å². The summed E-state index contributed by atoms with van der Waals surface area (Å²) in [6, 6.07) is 23.1. The maximum Gasteiger partial charge on any atom is 0.244 e. The largest absolute Gasteiger partial charge is 0.489 e. The van der Waals surface area contributed by atoms with Crippen molar-refractivity contribution in [1.82, 2.24) is 5.43 Å². The lowest BCUT2D eigenvalue weighted by Crippen LogP contribution is -2.19. The third kappa shape index (κ3) is 6.77. The van der Waals surface area contributed by atoms with Crippen LogP contribution >= 0.6 is 11.6 Å². The number of nitrogens with one attached hydrogen (secondary N) is 1. The van der Waals surface area contributed by atoms with Gasteiger partial charge in [0.05, 0.1) is 12.6 Å². The second-order valence-electron chi connectivity index (χ2n) is 6.62. The number of hydrogen-bond donors (Lipinski definition) is 1. The van der Waals surface area contributed by atoms with Gasteiger partial charge >= 0.3 is 0 Å². The van der Waals surface area contributed by atoms with Gasteiger partial charge in [-0.15, -0.1) is 0 Å². The Balaban J connectivity index is 1.45. The zero-order chi connectivity index (χ0) is 20.5. The summed E-state index contributed by atoms with van der Waals surface area (Å²) in [6.45, 7) is 2.58. The van der Waals surface area contributed by atoms with Crippen molar-refractivity contribution in [3.63, 3.8) is 0 Å². The molecule has 0 saturated carbocycles. The normalized spacial score (nSPS) is 10.8. The fraction of sp³-hybridized carbons (Fsp3) is 0.167. The fourth-order valence-corrected chi connectivity index (χ4v) is 2.82. The molecule has 3 rings (SSSR count). The first-order valence-corrected chi connectivity index (χ1v) is 9.87. The van der Waals surface area contributed by atoms with Crippen molar-refractivity contribution >= 4 is 23.7 Å². The Bertz CT molecular complexity index is 950. The highest BCUT2D eigenvalue weighted by atomic mass is 35.5. The first kappa shape index (κ1) is 20.6. The second kappa shape index (κ2) is 10.4. The van der Waals surface area contributed by atoms with Gasteiger partial charge in [-0.2, -0.15) is 5.10 Å². The third-order valence-corrected chi connectivity index (χ3v) is 4.65. The van der Waals surface area contributed by atoms with Gasteiger partial charge in [0.2, 0.25) is 5.91 Å². The molecule has 0 aliphatic rings. The highest BCUT2D eigenvalue weighted by Gasteiger charge is 2.02. The summed E-state index contributed by atoms with van der Waals surface area (Å²) in [5.41, 5.74) is 6.71. The van der Waals surface area contributed by atoms with E-state index in [1.807, 2.05) is 72.8 Å². The number of aryl methyl sites for hydroxylation is 1. The second-order valence-corrected chi connectivity index (χ2v) is 7.06. The summed E-state index contributed by atoms with van der Waals surface area (Å²) in [6.07, 6.45) is 2.90. The molecular formula is C24H23ClN2O2. The topological polar surface area (TPSA) is 50.7 Å². The van der Waals surface area contributed by atoms with Crippen molar-refractivity contribution in [3.05, 3.63) is 100 Å². The molecule has 29 heavy (non-hydrogen) atoms. The number of hydrazone groups is 1. The van der Waals surface area contributed by atoms with Gasteiger partial charge in [0.25, 0.3) is 0 Å². The van der Waals surface area contributed by atoms with E-state index < -0.39 is 0 Å². The van der Waals surface area contributed by atoms with Crippen LogP contribution in [-0.2, 0) is 24.2 Å². The highest BCUT2D eigenvalue weighted by molar-refractivity contribution is 6.30. The SMILES string of the molecule is CCc1ccc(CC(=O)N/N=C/c2ccc(OCc3ccc(Cl)cc3)cc2)cc1. The Hall–Kier alpha value is -3.11. The van der Waals surface area contributed by atoms with Gasteiger partial charge in [0.15, 0.2) is 0 Å². The molecule has 3 aromatic rings. The number of ether oxygens (including phenoxy) is 1. The summed E-state index contributed by atoms with van der Waals surface area (Å²) in [5.74, 6) is 0.616. The Kier molecular flexibility index (Phi) is 7.42. The van der Waals surface area contributed by atoms with Gasteiger partial charge in [0, 0.05) is 5.02 Å². The maximum atomic E-state index is 12.0. The average Bonchev–Trinajstić information content (AvgIpc) is 2.75. The molecule has 0 aliphatic carbocycles. The molecule has 5 heteroatoms. The van der Waals surface area contributed by atoms with Crippen LogP contribution in [0.3, 0.4) is 0 Å². The van der Waals surface area contributed by atoms with Gasteiger partial charge in [0.1, 0.15) is 12.4 Å². The summed E-state index contributed by atoms with van der Waals surface area (Å²) in [5, 5.41) is 4.73. The molecule has 0 radical (unpaired) electrons. The van der Waals surface area contributed by atoms with Gasteiger partial charge in [-0.05, 0) is 65.1 Å². The van der Waals surface area contributed by atoms with E-state index in [2.05, 4.69) is 17.5 Å². The van der Waals surface area contributed by atoms with Gasteiger partial charge < -0.3 is 4.74 Å². The van der Waals surface area contributed by atoms with Crippen molar-refractivity contribution in [3.8, 4) is 5.75 Å². The standard InChI is InChI=1S/C24H23ClN2O2/c1-2-18-3-5-19(6-4-18)15-24(28)27-26-16-20-9-13-23(14-10-20)29-17-21-7-11-22(25)12-8-21/h3-14,16H,2,15,17H2,1H3,(H,27,28)/b26-16+. The molecule has 0 fully saturated rings. The average molecular weight is 407 g/mol. The molecule has 0 atom stereocenters. The number of nitrogens with zero attached hydrogens (tertiary/aromatic N) is 1. The minimum absolute atomic E-state index is 0.145. The number of carbonyl (C=O) groups is 1. The predicted octanol–water partition coefficient (Wildman–Crippen LogP) is 5.17. The van der Waals surface area contributed by atoms with Crippen molar-refractivity contribution in [2.75, 3.05) is 0 Å². The fourth-order valence-electron chi connectivity index (χ4n) is 2.69. The van der Waals surface area contributed by atoms with Gasteiger partial charge in [-0.3, -0.25) is 4.79 Å². The van der Waals surface area contributed by atoms with Crippen LogP contribution in [0.2, 0.25) is 5.02 Å². The highest BCUT2D eigenvalue weighted by Crippen LogP contribution is 2.15. The molecular weight excluding hydrogens is 384 g/mol. The van der Waals surface area contributed by atoms with Crippen molar-refractivity contribution in [2.24, 2.45) is 5.10 Å². The number of amides is 1. The van der Waals surface area contributed by atoms with E-state index in [1.165, 1.54) is 5.56 Å². The number of rotatable bonds is 8. The Morgan fingerprint density at radius 1 is 0.931 bits per heavy atom. The molecule has 0 bridgehead atoms. The lowest BCUT2D eigenvalue weighted by atomic mass is 10.1. The molecule has 4 nitrogen and oxygen atoms in total. The first-order valence-electron chi connectivity index (χ1n) is 9.49. The zero-order valence-corrected chi connectivity index (χ0v) is 17.0. The van der Waals surface area contributed by atoms with Crippen LogP contribution in [0.15, 0.2) is 77.9 Å². The smallest absolute Gasteiger partial charge is 0.244 e. The monoisotopic (exact) mass is 406 g/mol.